The number of benzene rings is 1. The number of anilines is 1. The van der Waals surface area contributed by atoms with Gasteiger partial charge in [0.05, 0.1) is 5.69 Å². The number of hydrogen-bond donors (Lipinski definition) is 1. The molecule has 0 saturated carbocycles. The fraction of sp³-hybridized carbons (Fsp3) is 0.125. The van der Waals surface area contributed by atoms with Crippen molar-refractivity contribution in [1.82, 2.24) is 29.4 Å². The van der Waals surface area contributed by atoms with Gasteiger partial charge in [-0.05, 0) is 26.0 Å². The molecule has 0 fully saturated rings. The monoisotopic (exact) mass is 305 g/mol. The van der Waals surface area contributed by atoms with Crippen LogP contribution < -0.4 is 5.73 Å². The van der Waals surface area contributed by atoms with E-state index >= 15 is 0 Å². The lowest BCUT2D eigenvalue weighted by molar-refractivity contribution is 0.888. The first-order valence-corrected chi connectivity index (χ1v) is 7.23. The van der Waals surface area contributed by atoms with Crippen LogP contribution in [0.2, 0.25) is 0 Å². The molecular weight excluding hydrogens is 290 g/mol. The molecule has 0 aliphatic rings. The zero-order chi connectivity index (χ0) is 16.0. The maximum atomic E-state index is 6.23. The Hall–Kier alpha value is -3.22. The fourth-order valence-electron chi connectivity index (χ4n) is 2.56. The topological polar surface area (TPSA) is 86.9 Å². The molecule has 0 radical (unpaired) electrons. The highest BCUT2D eigenvalue weighted by molar-refractivity contribution is 5.68. The zero-order valence-corrected chi connectivity index (χ0v) is 12.8. The van der Waals surface area contributed by atoms with E-state index < -0.39 is 0 Å². The van der Waals surface area contributed by atoms with Crippen molar-refractivity contribution in [3.8, 4) is 16.9 Å². The van der Waals surface area contributed by atoms with Crippen LogP contribution in [0.4, 0.5) is 5.82 Å². The van der Waals surface area contributed by atoms with Crippen LogP contribution >= 0.6 is 0 Å². The Morgan fingerprint density at radius 2 is 1.83 bits per heavy atom. The van der Waals surface area contributed by atoms with E-state index in [1.54, 1.807) is 15.4 Å². The summed E-state index contributed by atoms with van der Waals surface area (Å²) in [5.41, 5.74) is 9.70. The Bertz CT molecular complexity index is 998. The highest BCUT2D eigenvalue weighted by atomic mass is 15.3. The van der Waals surface area contributed by atoms with Gasteiger partial charge in [-0.2, -0.15) is 15.2 Å². The first-order valence-electron chi connectivity index (χ1n) is 7.23. The van der Waals surface area contributed by atoms with Crippen molar-refractivity contribution in [3.05, 3.63) is 54.1 Å². The van der Waals surface area contributed by atoms with Gasteiger partial charge in [0.25, 0.3) is 5.78 Å². The number of rotatable bonds is 2. The number of fused-ring (bicyclic) bond motifs is 1. The second-order valence-electron chi connectivity index (χ2n) is 5.35. The van der Waals surface area contributed by atoms with Gasteiger partial charge in [-0.15, -0.1) is 0 Å². The normalized spacial score (nSPS) is 11.2. The van der Waals surface area contributed by atoms with Gasteiger partial charge in [0.2, 0.25) is 0 Å². The van der Waals surface area contributed by atoms with Gasteiger partial charge >= 0.3 is 0 Å². The molecule has 114 valence electrons. The maximum Gasteiger partial charge on any atom is 0.252 e. The van der Waals surface area contributed by atoms with Gasteiger partial charge in [0.1, 0.15) is 17.3 Å². The van der Waals surface area contributed by atoms with Crippen LogP contribution in [0.15, 0.2) is 42.7 Å². The van der Waals surface area contributed by atoms with Crippen LogP contribution in [0.5, 0.6) is 0 Å². The summed E-state index contributed by atoms with van der Waals surface area (Å²) in [7, 11) is 0. The van der Waals surface area contributed by atoms with Crippen molar-refractivity contribution in [3.63, 3.8) is 0 Å². The number of aryl methyl sites for hydroxylation is 1. The molecule has 4 aromatic rings. The molecule has 7 nitrogen and oxygen atoms in total. The summed E-state index contributed by atoms with van der Waals surface area (Å²) in [6, 6.07) is 9.81. The number of nitrogens with two attached hydrogens (primary N) is 1. The molecule has 4 rings (SSSR count). The van der Waals surface area contributed by atoms with Crippen LogP contribution in [-0.2, 0) is 0 Å². The van der Waals surface area contributed by atoms with E-state index in [9.17, 15) is 0 Å². The molecule has 0 aliphatic heterocycles. The molecule has 0 amide bonds. The van der Waals surface area contributed by atoms with Gasteiger partial charge in [0.15, 0.2) is 0 Å². The number of hydrogen-bond acceptors (Lipinski definition) is 5. The SMILES string of the molecule is Cc1nc2ncc(-c3nn(-c4ccccc4)c(N)c3C)cn2n1. The quantitative estimate of drug-likeness (QED) is 0.613. The van der Waals surface area contributed by atoms with Crippen molar-refractivity contribution < 1.29 is 0 Å². The van der Waals surface area contributed by atoms with Crippen molar-refractivity contribution in [2.24, 2.45) is 0 Å². The van der Waals surface area contributed by atoms with E-state index in [0.29, 0.717) is 17.4 Å². The molecule has 2 N–H and O–H groups in total. The van der Waals surface area contributed by atoms with E-state index in [1.807, 2.05) is 50.4 Å². The van der Waals surface area contributed by atoms with E-state index in [4.69, 9.17) is 5.73 Å². The Kier molecular flexibility index (Phi) is 2.87. The molecule has 0 atom stereocenters. The van der Waals surface area contributed by atoms with Crippen molar-refractivity contribution in [2.45, 2.75) is 13.8 Å². The minimum Gasteiger partial charge on any atom is -0.383 e. The molecular formula is C16H15N7. The number of nitrogen functional groups attached to an aromatic ring is 1. The number of para-hydroxylation sites is 1. The van der Waals surface area contributed by atoms with Crippen molar-refractivity contribution >= 4 is 11.6 Å². The van der Waals surface area contributed by atoms with E-state index in [-0.39, 0.29) is 0 Å². The summed E-state index contributed by atoms with van der Waals surface area (Å²) in [6.07, 6.45) is 3.61. The second kappa shape index (κ2) is 4.91. The summed E-state index contributed by atoms with van der Waals surface area (Å²) in [5, 5.41) is 8.95. The van der Waals surface area contributed by atoms with Crippen LogP contribution in [0.1, 0.15) is 11.4 Å². The van der Waals surface area contributed by atoms with Crippen molar-refractivity contribution in [1.29, 1.82) is 0 Å². The minimum atomic E-state index is 0.569. The van der Waals surface area contributed by atoms with Gasteiger partial charge in [-0.25, -0.2) is 14.2 Å². The minimum absolute atomic E-state index is 0.569. The highest BCUT2D eigenvalue weighted by Gasteiger charge is 2.16. The Balaban J connectivity index is 1.88. The third-order valence-electron chi connectivity index (χ3n) is 3.74. The van der Waals surface area contributed by atoms with E-state index in [0.717, 1.165) is 22.5 Å². The largest absolute Gasteiger partial charge is 0.383 e. The van der Waals surface area contributed by atoms with Crippen LogP contribution in [0, 0.1) is 13.8 Å². The lowest BCUT2D eigenvalue weighted by atomic mass is 10.1. The van der Waals surface area contributed by atoms with E-state index in [2.05, 4.69) is 20.2 Å². The van der Waals surface area contributed by atoms with E-state index in [1.165, 1.54) is 0 Å². The zero-order valence-electron chi connectivity index (χ0n) is 12.8. The molecule has 0 saturated heterocycles. The molecule has 1 aromatic carbocycles. The Labute approximate surface area is 132 Å². The summed E-state index contributed by atoms with van der Waals surface area (Å²) < 4.78 is 3.39. The van der Waals surface area contributed by atoms with Crippen LogP contribution in [0.25, 0.3) is 22.7 Å². The summed E-state index contributed by atoms with van der Waals surface area (Å²) in [4.78, 5) is 8.56. The molecule has 0 aliphatic carbocycles. The maximum absolute atomic E-state index is 6.23. The predicted molar refractivity (Wildman–Crippen MR) is 87.2 cm³/mol. The van der Waals surface area contributed by atoms with Gasteiger partial charge in [-0.3, -0.25) is 0 Å². The van der Waals surface area contributed by atoms with Gasteiger partial charge in [-0.1, -0.05) is 18.2 Å². The lowest BCUT2D eigenvalue weighted by Gasteiger charge is -2.02. The van der Waals surface area contributed by atoms with Crippen molar-refractivity contribution in [2.75, 3.05) is 5.73 Å². The fourth-order valence-corrected chi connectivity index (χ4v) is 2.56. The first-order chi connectivity index (χ1) is 11.1. The molecule has 3 aromatic heterocycles. The Morgan fingerprint density at radius 1 is 1.04 bits per heavy atom. The summed E-state index contributed by atoms with van der Waals surface area (Å²) in [6.45, 7) is 3.79. The number of aromatic nitrogens is 6. The van der Waals surface area contributed by atoms with Gasteiger partial charge < -0.3 is 5.73 Å². The molecule has 0 spiro atoms. The third kappa shape index (κ3) is 2.13. The Morgan fingerprint density at radius 3 is 2.61 bits per heavy atom. The smallest absolute Gasteiger partial charge is 0.252 e. The standard InChI is InChI=1S/C16H15N7/c1-10-14(12-8-18-16-19-11(2)20-22(16)9-12)21-23(15(10)17)13-6-4-3-5-7-13/h3-9H,17H2,1-2H3. The molecule has 3 heterocycles. The highest BCUT2D eigenvalue weighted by Crippen LogP contribution is 2.27. The number of nitrogens with zero attached hydrogens (tertiary/aromatic N) is 6. The van der Waals surface area contributed by atoms with Crippen LogP contribution in [0.3, 0.4) is 0 Å². The summed E-state index contributed by atoms with van der Waals surface area (Å²) in [5.74, 6) is 1.86. The average Bonchev–Trinajstić information content (AvgIpc) is 3.07. The predicted octanol–water partition coefficient (Wildman–Crippen LogP) is 2.18. The second-order valence-corrected chi connectivity index (χ2v) is 5.35. The average molecular weight is 305 g/mol. The van der Waals surface area contributed by atoms with Gasteiger partial charge in [0, 0.05) is 23.5 Å². The van der Waals surface area contributed by atoms with Crippen LogP contribution in [-0.4, -0.2) is 29.4 Å². The molecule has 23 heavy (non-hydrogen) atoms. The first kappa shape index (κ1) is 13.4. The molecule has 0 unspecified atom stereocenters. The third-order valence-corrected chi connectivity index (χ3v) is 3.74. The lowest BCUT2D eigenvalue weighted by Crippen LogP contribution is -2.01. The molecule has 7 heteroatoms. The molecule has 0 bridgehead atoms. The summed E-state index contributed by atoms with van der Waals surface area (Å²) >= 11 is 0.